The summed E-state index contributed by atoms with van der Waals surface area (Å²) in [5, 5.41) is 10.3. The van der Waals surface area contributed by atoms with Gasteiger partial charge in [0.15, 0.2) is 6.29 Å². The van der Waals surface area contributed by atoms with Crippen LogP contribution in [0.4, 0.5) is 0 Å². The molecule has 2 unspecified atom stereocenters. The molecule has 0 radical (unpaired) electrons. The maximum absolute atomic E-state index is 10.3. The zero-order valence-corrected chi connectivity index (χ0v) is 8.14. The second-order valence-corrected chi connectivity index (χ2v) is 3.58. The molecule has 1 saturated heterocycles. The van der Waals surface area contributed by atoms with E-state index in [0.717, 1.165) is 5.56 Å². The minimum atomic E-state index is -0.887. The first kappa shape index (κ1) is 9.65. The number of hydrogen-bond donors (Lipinski definition) is 1. The molecular formula is C11H14O3. The molecule has 0 aromatic heterocycles. The number of benzene rings is 1. The van der Waals surface area contributed by atoms with Gasteiger partial charge in [0.05, 0.1) is 6.61 Å². The normalized spacial score (nSPS) is 32.0. The Morgan fingerprint density at radius 3 is 2.71 bits per heavy atom. The van der Waals surface area contributed by atoms with Crippen LogP contribution >= 0.6 is 0 Å². The van der Waals surface area contributed by atoms with Crippen molar-refractivity contribution < 1.29 is 14.6 Å². The van der Waals surface area contributed by atoms with Gasteiger partial charge >= 0.3 is 0 Å². The molecule has 3 nitrogen and oxygen atoms in total. The van der Waals surface area contributed by atoms with Crippen LogP contribution in [0.5, 0.6) is 0 Å². The van der Waals surface area contributed by atoms with E-state index in [-0.39, 0.29) is 6.29 Å². The van der Waals surface area contributed by atoms with Crippen molar-refractivity contribution in [3.63, 3.8) is 0 Å². The lowest BCUT2D eigenvalue weighted by Gasteiger charge is -2.20. The molecule has 0 saturated carbocycles. The van der Waals surface area contributed by atoms with Crippen LogP contribution in [0.15, 0.2) is 30.3 Å². The van der Waals surface area contributed by atoms with E-state index < -0.39 is 5.60 Å². The molecule has 3 heteroatoms. The van der Waals surface area contributed by atoms with Gasteiger partial charge in [-0.05, 0) is 5.56 Å². The Bertz CT molecular complexity index is 299. The molecule has 1 aromatic rings. The topological polar surface area (TPSA) is 38.7 Å². The van der Waals surface area contributed by atoms with Gasteiger partial charge < -0.3 is 14.6 Å². The molecule has 1 fully saturated rings. The summed E-state index contributed by atoms with van der Waals surface area (Å²) in [6.07, 6.45) is 0.202. The van der Waals surface area contributed by atoms with Crippen LogP contribution in [-0.4, -0.2) is 25.1 Å². The largest absolute Gasteiger partial charge is 0.383 e. The van der Waals surface area contributed by atoms with Gasteiger partial charge in [-0.15, -0.1) is 0 Å². The second kappa shape index (κ2) is 3.69. The molecular weight excluding hydrogens is 180 g/mol. The van der Waals surface area contributed by atoms with E-state index in [9.17, 15) is 5.11 Å². The Morgan fingerprint density at radius 1 is 1.43 bits per heavy atom. The highest BCUT2D eigenvalue weighted by molar-refractivity contribution is 5.23. The van der Waals surface area contributed by atoms with Gasteiger partial charge in [0, 0.05) is 13.5 Å². The van der Waals surface area contributed by atoms with Gasteiger partial charge in [-0.25, -0.2) is 0 Å². The average Bonchev–Trinajstić information content (AvgIpc) is 2.63. The first-order valence-electron chi connectivity index (χ1n) is 4.67. The lowest BCUT2D eigenvalue weighted by atomic mass is 9.93. The van der Waals surface area contributed by atoms with Gasteiger partial charge in [-0.2, -0.15) is 0 Å². The van der Waals surface area contributed by atoms with Gasteiger partial charge in [0.2, 0.25) is 0 Å². The Morgan fingerprint density at radius 2 is 2.14 bits per heavy atom. The van der Waals surface area contributed by atoms with E-state index in [0.29, 0.717) is 13.0 Å². The number of aliphatic hydroxyl groups is 1. The maximum atomic E-state index is 10.3. The molecule has 2 rings (SSSR count). The molecule has 1 heterocycles. The van der Waals surface area contributed by atoms with Crippen LogP contribution < -0.4 is 0 Å². The molecule has 0 bridgehead atoms. The summed E-state index contributed by atoms with van der Waals surface area (Å²) in [5.41, 5.74) is 0.00150. The second-order valence-electron chi connectivity index (χ2n) is 3.58. The summed E-state index contributed by atoms with van der Waals surface area (Å²) >= 11 is 0. The maximum Gasteiger partial charge on any atom is 0.160 e. The molecule has 0 amide bonds. The van der Waals surface area contributed by atoms with E-state index in [1.165, 1.54) is 0 Å². The molecule has 76 valence electrons. The van der Waals surface area contributed by atoms with E-state index in [4.69, 9.17) is 9.47 Å². The first-order chi connectivity index (χ1) is 6.74. The molecule has 1 aliphatic rings. The summed E-state index contributed by atoms with van der Waals surface area (Å²) < 4.78 is 10.3. The molecule has 14 heavy (non-hydrogen) atoms. The summed E-state index contributed by atoms with van der Waals surface area (Å²) in [6.45, 7) is 0.301. The van der Waals surface area contributed by atoms with Gasteiger partial charge in [0.1, 0.15) is 5.60 Å². The van der Waals surface area contributed by atoms with Crippen molar-refractivity contribution in [3.8, 4) is 0 Å². The number of methoxy groups -OCH3 is 1. The smallest absolute Gasteiger partial charge is 0.160 e. The van der Waals surface area contributed by atoms with Crippen LogP contribution in [0.3, 0.4) is 0 Å². The summed E-state index contributed by atoms with van der Waals surface area (Å²) in [6, 6.07) is 9.56. The number of rotatable bonds is 2. The van der Waals surface area contributed by atoms with E-state index in [1.807, 2.05) is 30.3 Å². The molecule has 0 aliphatic carbocycles. The Balaban J connectivity index is 2.19. The van der Waals surface area contributed by atoms with Crippen molar-refractivity contribution in [1.29, 1.82) is 0 Å². The third kappa shape index (κ3) is 1.66. The fourth-order valence-corrected chi connectivity index (χ4v) is 1.73. The molecule has 0 spiro atoms. The minimum Gasteiger partial charge on any atom is -0.383 e. The van der Waals surface area contributed by atoms with Crippen LogP contribution in [0, 0.1) is 0 Å². The number of hydrogen-bond acceptors (Lipinski definition) is 3. The van der Waals surface area contributed by atoms with Crippen molar-refractivity contribution in [2.45, 2.75) is 18.3 Å². The fraction of sp³-hybridized carbons (Fsp3) is 0.455. The van der Waals surface area contributed by atoms with Crippen LogP contribution in [0.1, 0.15) is 12.0 Å². The van der Waals surface area contributed by atoms with Gasteiger partial charge in [-0.1, -0.05) is 30.3 Å². The van der Waals surface area contributed by atoms with Gasteiger partial charge in [-0.3, -0.25) is 0 Å². The third-order valence-corrected chi connectivity index (χ3v) is 2.59. The first-order valence-corrected chi connectivity index (χ1v) is 4.67. The van der Waals surface area contributed by atoms with Gasteiger partial charge in [0.25, 0.3) is 0 Å². The van der Waals surface area contributed by atoms with Crippen molar-refractivity contribution in [1.82, 2.24) is 0 Å². The van der Waals surface area contributed by atoms with Crippen molar-refractivity contribution in [3.05, 3.63) is 35.9 Å². The van der Waals surface area contributed by atoms with Crippen molar-refractivity contribution >= 4 is 0 Å². The van der Waals surface area contributed by atoms with Crippen LogP contribution in [-0.2, 0) is 15.1 Å². The highest BCUT2D eigenvalue weighted by atomic mass is 16.7. The van der Waals surface area contributed by atoms with Crippen LogP contribution in [0.2, 0.25) is 0 Å². The Kier molecular flexibility index (Phi) is 2.54. The SMILES string of the molecule is COC1CC(O)(c2ccccc2)CO1. The van der Waals surface area contributed by atoms with Crippen LogP contribution in [0.25, 0.3) is 0 Å². The highest BCUT2D eigenvalue weighted by Crippen LogP contribution is 2.33. The summed E-state index contributed by atoms with van der Waals surface area (Å²) in [5.74, 6) is 0. The predicted octanol–water partition coefficient (Wildman–Crippen LogP) is 1.27. The lowest BCUT2D eigenvalue weighted by molar-refractivity contribution is -0.0888. The van der Waals surface area contributed by atoms with Crippen molar-refractivity contribution in [2.75, 3.05) is 13.7 Å². The van der Waals surface area contributed by atoms with E-state index in [2.05, 4.69) is 0 Å². The highest BCUT2D eigenvalue weighted by Gasteiger charge is 2.39. The molecule has 2 atom stereocenters. The van der Waals surface area contributed by atoms with E-state index in [1.54, 1.807) is 7.11 Å². The standard InChI is InChI=1S/C11H14O3/c1-13-10-7-11(12,8-14-10)9-5-3-2-4-6-9/h2-6,10,12H,7-8H2,1H3. The molecule has 1 N–H and O–H groups in total. The predicted molar refractivity (Wildman–Crippen MR) is 51.7 cm³/mol. The summed E-state index contributed by atoms with van der Waals surface area (Å²) in [4.78, 5) is 0. The lowest BCUT2D eigenvalue weighted by Crippen LogP contribution is -2.26. The molecule has 1 aromatic carbocycles. The van der Waals surface area contributed by atoms with E-state index >= 15 is 0 Å². The number of ether oxygens (including phenoxy) is 2. The quantitative estimate of drug-likeness (QED) is 0.770. The average molecular weight is 194 g/mol. The minimum absolute atomic E-state index is 0.291. The zero-order valence-electron chi connectivity index (χ0n) is 8.14. The zero-order chi connectivity index (χ0) is 10.0. The third-order valence-electron chi connectivity index (χ3n) is 2.59. The van der Waals surface area contributed by atoms with Crippen molar-refractivity contribution in [2.24, 2.45) is 0 Å². The Labute approximate surface area is 83.3 Å². The Hall–Kier alpha value is -0.900. The molecule has 1 aliphatic heterocycles. The monoisotopic (exact) mass is 194 g/mol. The summed E-state index contributed by atoms with van der Waals surface area (Å²) in [7, 11) is 1.58. The fourth-order valence-electron chi connectivity index (χ4n) is 1.73.